The molecule has 106 valence electrons. The second-order valence-corrected chi connectivity index (χ2v) is 5.29. The molecular weight excluding hydrogens is 296 g/mol. The first-order chi connectivity index (χ1) is 10.8. The Hall–Kier alpha value is -2.72. The van der Waals surface area contributed by atoms with Crippen molar-refractivity contribution >= 4 is 17.2 Å². The van der Waals surface area contributed by atoms with Crippen molar-refractivity contribution in [1.82, 2.24) is 19.6 Å². The Kier molecular flexibility index (Phi) is 3.09. The Labute approximate surface area is 132 Å². The van der Waals surface area contributed by atoms with E-state index in [0.29, 0.717) is 5.02 Å². The zero-order chi connectivity index (χ0) is 14.9. The van der Waals surface area contributed by atoms with E-state index in [0.717, 1.165) is 28.2 Å². The van der Waals surface area contributed by atoms with Gasteiger partial charge in [0.2, 0.25) is 0 Å². The lowest BCUT2D eigenvalue weighted by molar-refractivity contribution is 0.942. The second-order valence-electron chi connectivity index (χ2n) is 4.86. The summed E-state index contributed by atoms with van der Waals surface area (Å²) in [5.74, 6) is 0. The molecule has 1 aromatic carbocycles. The van der Waals surface area contributed by atoms with Gasteiger partial charge in [-0.3, -0.25) is 4.98 Å². The Bertz CT molecular complexity index is 961. The molecule has 0 aliphatic heterocycles. The molecule has 0 amide bonds. The molecule has 22 heavy (non-hydrogen) atoms. The van der Waals surface area contributed by atoms with Crippen LogP contribution in [0.4, 0.5) is 0 Å². The second kappa shape index (κ2) is 5.24. The Morgan fingerprint density at radius 3 is 2.77 bits per heavy atom. The van der Waals surface area contributed by atoms with Gasteiger partial charge in [0.05, 0.1) is 11.4 Å². The third-order valence-electron chi connectivity index (χ3n) is 3.44. The first kappa shape index (κ1) is 13.0. The van der Waals surface area contributed by atoms with E-state index in [4.69, 9.17) is 11.6 Å². The highest BCUT2D eigenvalue weighted by atomic mass is 35.5. The van der Waals surface area contributed by atoms with Crippen molar-refractivity contribution < 1.29 is 0 Å². The number of halogens is 1. The van der Waals surface area contributed by atoms with Gasteiger partial charge in [-0.1, -0.05) is 23.7 Å². The van der Waals surface area contributed by atoms with Crippen LogP contribution >= 0.6 is 11.6 Å². The van der Waals surface area contributed by atoms with E-state index in [-0.39, 0.29) is 0 Å². The minimum Gasteiger partial charge on any atom is -0.256 e. The number of hydrogen-bond donors (Lipinski definition) is 0. The lowest BCUT2D eigenvalue weighted by Gasteiger charge is -2.08. The van der Waals surface area contributed by atoms with Crippen LogP contribution in [-0.4, -0.2) is 19.6 Å². The molecule has 0 atom stereocenters. The van der Waals surface area contributed by atoms with Crippen LogP contribution in [-0.2, 0) is 0 Å². The number of rotatable bonds is 2. The average Bonchev–Trinajstić information content (AvgIpc) is 3.02. The summed E-state index contributed by atoms with van der Waals surface area (Å²) in [6.07, 6.45) is 5.33. The van der Waals surface area contributed by atoms with Crippen LogP contribution in [0.2, 0.25) is 5.02 Å². The monoisotopic (exact) mass is 306 g/mol. The Morgan fingerprint density at radius 1 is 0.909 bits per heavy atom. The van der Waals surface area contributed by atoms with Crippen molar-refractivity contribution in [2.75, 3.05) is 0 Å². The highest BCUT2D eigenvalue weighted by Crippen LogP contribution is 2.30. The van der Waals surface area contributed by atoms with E-state index in [1.54, 1.807) is 16.9 Å². The van der Waals surface area contributed by atoms with Crippen molar-refractivity contribution in [2.24, 2.45) is 0 Å². The highest BCUT2D eigenvalue weighted by molar-refractivity contribution is 6.30. The minimum absolute atomic E-state index is 0.687. The number of pyridine rings is 1. The van der Waals surface area contributed by atoms with Crippen LogP contribution in [0.15, 0.2) is 67.1 Å². The minimum atomic E-state index is 0.687. The fourth-order valence-corrected chi connectivity index (χ4v) is 2.63. The molecule has 4 rings (SSSR count). The van der Waals surface area contributed by atoms with Gasteiger partial charge in [0, 0.05) is 34.7 Å². The van der Waals surface area contributed by atoms with Gasteiger partial charge in [0.25, 0.3) is 0 Å². The maximum Gasteiger partial charge on any atom is 0.153 e. The molecule has 0 aliphatic carbocycles. The van der Waals surface area contributed by atoms with Crippen LogP contribution in [0.3, 0.4) is 0 Å². The third-order valence-corrected chi connectivity index (χ3v) is 3.67. The first-order valence-electron chi connectivity index (χ1n) is 6.83. The lowest BCUT2D eigenvalue weighted by Crippen LogP contribution is -1.96. The zero-order valence-corrected chi connectivity index (χ0v) is 12.3. The Balaban J connectivity index is 1.92. The first-order valence-corrected chi connectivity index (χ1v) is 7.21. The summed E-state index contributed by atoms with van der Waals surface area (Å²) < 4.78 is 1.75. The van der Waals surface area contributed by atoms with Crippen LogP contribution < -0.4 is 0 Å². The molecule has 4 nitrogen and oxygen atoms in total. The van der Waals surface area contributed by atoms with E-state index in [9.17, 15) is 0 Å². The Morgan fingerprint density at radius 2 is 1.86 bits per heavy atom. The molecule has 3 heterocycles. The molecule has 5 heteroatoms. The van der Waals surface area contributed by atoms with Crippen LogP contribution in [0.1, 0.15) is 0 Å². The topological polar surface area (TPSA) is 43.1 Å². The summed E-state index contributed by atoms with van der Waals surface area (Å²) in [6, 6.07) is 15.5. The zero-order valence-electron chi connectivity index (χ0n) is 11.5. The van der Waals surface area contributed by atoms with Gasteiger partial charge in [-0.25, -0.2) is 9.50 Å². The van der Waals surface area contributed by atoms with Gasteiger partial charge in [0.15, 0.2) is 5.65 Å². The van der Waals surface area contributed by atoms with Crippen molar-refractivity contribution in [3.63, 3.8) is 0 Å². The van der Waals surface area contributed by atoms with E-state index < -0.39 is 0 Å². The highest BCUT2D eigenvalue weighted by Gasteiger charge is 2.11. The average molecular weight is 307 g/mol. The number of fused-ring (bicyclic) bond motifs is 1. The number of imidazole rings is 1. The quantitative estimate of drug-likeness (QED) is 0.559. The van der Waals surface area contributed by atoms with E-state index >= 15 is 0 Å². The fraction of sp³-hybridized carbons (Fsp3) is 0. The standard InChI is InChI=1S/C17H11ClN4/c18-13-4-1-3-12(11-13)17-14(5-2-8-20-17)15-6-7-16-19-9-10-22(16)21-15/h1-11H. The van der Waals surface area contributed by atoms with Gasteiger partial charge in [-0.05, 0) is 36.4 Å². The van der Waals surface area contributed by atoms with E-state index in [1.165, 1.54) is 0 Å². The summed E-state index contributed by atoms with van der Waals surface area (Å²) in [6.45, 7) is 0. The summed E-state index contributed by atoms with van der Waals surface area (Å²) in [5, 5.41) is 5.28. The molecule has 0 aliphatic rings. The normalized spacial score (nSPS) is 11.0. The van der Waals surface area contributed by atoms with Crippen molar-refractivity contribution in [3.8, 4) is 22.5 Å². The van der Waals surface area contributed by atoms with Crippen molar-refractivity contribution in [1.29, 1.82) is 0 Å². The van der Waals surface area contributed by atoms with Gasteiger partial charge in [-0.15, -0.1) is 0 Å². The van der Waals surface area contributed by atoms with Crippen molar-refractivity contribution in [2.45, 2.75) is 0 Å². The fourth-order valence-electron chi connectivity index (χ4n) is 2.44. The number of benzene rings is 1. The molecule has 0 spiro atoms. The molecular formula is C17H11ClN4. The lowest BCUT2D eigenvalue weighted by atomic mass is 10.0. The molecule has 0 fully saturated rings. The molecule has 4 aromatic rings. The number of aromatic nitrogens is 4. The van der Waals surface area contributed by atoms with Crippen LogP contribution in [0.5, 0.6) is 0 Å². The number of nitrogens with zero attached hydrogens (tertiary/aromatic N) is 4. The van der Waals surface area contributed by atoms with Gasteiger partial charge >= 0.3 is 0 Å². The van der Waals surface area contributed by atoms with Crippen molar-refractivity contribution in [3.05, 3.63) is 72.1 Å². The molecule has 0 saturated carbocycles. The maximum atomic E-state index is 6.10. The third kappa shape index (κ3) is 2.23. The molecule has 3 aromatic heterocycles. The van der Waals surface area contributed by atoms with Gasteiger partial charge < -0.3 is 0 Å². The molecule has 0 unspecified atom stereocenters. The SMILES string of the molecule is Clc1cccc(-c2ncccc2-c2ccc3nccn3n2)c1. The predicted octanol–water partition coefficient (Wildman–Crippen LogP) is 4.11. The summed E-state index contributed by atoms with van der Waals surface area (Å²) in [5.41, 5.74) is 4.44. The maximum absolute atomic E-state index is 6.10. The molecule has 0 N–H and O–H groups in total. The molecule has 0 radical (unpaired) electrons. The molecule has 0 bridgehead atoms. The molecule has 0 saturated heterocycles. The summed E-state index contributed by atoms with van der Waals surface area (Å²) in [4.78, 5) is 8.72. The van der Waals surface area contributed by atoms with Gasteiger partial charge in [0.1, 0.15) is 0 Å². The van der Waals surface area contributed by atoms with Crippen LogP contribution in [0, 0.1) is 0 Å². The van der Waals surface area contributed by atoms with Gasteiger partial charge in [-0.2, -0.15) is 5.10 Å². The number of hydrogen-bond acceptors (Lipinski definition) is 3. The summed E-state index contributed by atoms with van der Waals surface area (Å²) in [7, 11) is 0. The van der Waals surface area contributed by atoms with E-state index in [1.807, 2.05) is 54.7 Å². The predicted molar refractivity (Wildman–Crippen MR) is 86.7 cm³/mol. The summed E-state index contributed by atoms with van der Waals surface area (Å²) >= 11 is 6.10. The smallest absolute Gasteiger partial charge is 0.153 e. The van der Waals surface area contributed by atoms with E-state index in [2.05, 4.69) is 15.1 Å². The van der Waals surface area contributed by atoms with Crippen LogP contribution in [0.25, 0.3) is 28.2 Å². The largest absolute Gasteiger partial charge is 0.256 e.